The van der Waals surface area contributed by atoms with Gasteiger partial charge in [-0.25, -0.2) is 0 Å². The summed E-state index contributed by atoms with van der Waals surface area (Å²) in [6, 6.07) is 13.0. The van der Waals surface area contributed by atoms with Gasteiger partial charge in [0.25, 0.3) is 0 Å². The molecule has 0 heterocycles. The summed E-state index contributed by atoms with van der Waals surface area (Å²) in [6.07, 6.45) is 0.796. The van der Waals surface area contributed by atoms with Crippen molar-refractivity contribution in [1.29, 1.82) is 5.26 Å². The second-order valence-electron chi connectivity index (χ2n) is 10.8. The highest BCUT2D eigenvalue weighted by atomic mass is 35.5. The molecule has 1 fully saturated rings. The van der Waals surface area contributed by atoms with E-state index in [0.717, 1.165) is 29.5 Å². The van der Waals surface area contributed by atoms with Gasteiger partial charge in [0.05, 0.1) is 10.6 Å². The van der Waals surface area contributed by atoms with E-state index >= 15 is 0 Å². The van der Waals surface area contributed by atoms with Crippen LogP contribution in [0.15, 0.2) is 36.4 Å². The molecule has 2 aromatic rings. The number of hydrogen-bond donors (Lipinski definition) is 1. The molecule has 176 valence electrons. The van der Waals surface area contributed by atoms with Gasteiger partial charge in [0.2, 0.25) is 0 Å². The number of nitrogens with zero attached hydrogens (tertiary/aromatic N) is 1. The highest BCUT2D eigenvalue weighted by molar-refractivity contribution is 6.31. The molecule has 0 radical (unpaired) electrons. The smallest absolute Gasteiger partial charge is 0.166 e. The topological polar surface area (TPSA) is 70.3 Å². The van der Waals surface area contributed by atoms with E-state index in [1.165, 1.54) is 0 Å². The molecule has 0 aliphatic heterocycles. The fourth-order valence-corrected chi connectivity index (χ4v) is 6.43. The maximum atomic E-state index is 13.2. The first-order chi connectivity index (χ1) is 15.9. The third-order valence-corrected chi connectivity index (χ3v) is 7.93. The van der Waals surface area contributed by atoms with Crippen molar-refractivity contribution in [1.82, 2.24) is 0 Å². The standard InChI is InChI=1S/C29H30ClNO3/c1-17(32)6-7-18-8-11-23-20(12-18)13-21(26(23)33)14-25-28(2,3)27(29(25,4)5)34-22-10-9-19(16-31)24(30)15-22/h8-12,15,17,21,25,27,32H,13-14H2,1-5H3. The molecule has 2 aromatic carbocycles. The van der Waals surface area contributed by atoms with Gasteiger partial charge in [0.15, 0.2) is 5.78 Å². The van der Waals surface area contributed by atoms with E-state index in [1.807, 2.05) is 18.2 Å². The van der Waals surface area contributed by atoms with Crippen LogP contribution in [-0.2, 0) is 6.42 Å². The number of fused-ring (bicyclic) bond motifs is 1. The molecule has 2 aliphatic rings. The zero-order valence-electron chi connectivity index (χ0n) is 20.3. The summed E-state index contributed by atoms with van der Waals surface area (Å²) < 4.78 is 6.39. The maximum Gasteiger partial charge on any atom is 0.166 e. The number of benzene rings is 2. The van der Waals surface area contributed by atoms with Gasteiger partial charge in [-0.1, -0.05) is 51.1 Å². The highest BCUT2D eigenvalue weighted by Gasteiger charge is 2.63. The van der Waals surface area contributed by atoms with Gasteiger partial charge < -0.3 is 9.84 Å². The minimum absolute atomic E-state index is 0.0461. The van der Waals surface area contributed by atoms with Crippen molar-refractivity contribution in [3.05, 3.63) is 63.7 Å². The third kappa shape index (κ3) is 4.22. The number of carbonyl (C=O) groups is 1. The van der Waals surface area contributed by atoms with Gasteiger partial charge >= 0.3 is 0 Å². The zero-order valence-corrected chi connectivity index (χ0v) is 21.0. The van der Waals surface area contributed by atoms with E-state index in [0.29, 0.717) is 22.3 Å². The molecule has 4 rings (SSSR count). The monoisotopic (exact) mass is 475 g/mol. The van der Waals surface area contributed by atoms with Crippen LogP contribution in [0.1, 0.15) is 68.1 Å². The molecule has 34 heavy (non-hydrogen) atoms. The van der Waals surface area contributed by atoms with Crippen LogP contribution in [0.2, 0.25) is 5.02 Å². The summed E-state index contributed by atoms with van der Waals surface area (Å²) in [6.45, 7) is 10.4. The summed E-state index contributed by atoms with van der Waals surface area (Å²) in [5.74, 6) is 6.86. The van der Waals surface area contributed by atoms with Crippen molar-refractivity contribution in [2.45, 2.75) is 59.7 Å². The Morgan fingerprint density at radius 2 is 1.88 bits per heavy atom. The van der Waals surface area contributed by atoms with Gasteiger partial charge in [0.1, 0.15) is 24.0 Å². The van der Waals surface area contributed by atoms with Crippen molar-refractivity contribution < 1.29 is 14.6 Å². The Kier molecular flexibility index (Phi) is 6.28. The van der Waals surface area contributed by atoms with E-state index in [-0.39, 0.29) is 28.6 Å². The number of aliphatic hydroxyl groups is 1. The van der Waals surface area contributed by atoms with E-state index in [2.05, 4.69) is 45.6 Å². The fraction of sp³-hybridized carbons (Fsp3) is 0.448. The Bertz CT molecular complexity index is 1230. The first-order valence-corrected chi connectivity index (χ1v) is 12.1. The van der Waals surface area contributed by atoms with Crippen LogP contribution >= 0.6 is 11.6 Å². The van der Waals surface area contributed by atoms with Crippen molar-refractivity contribution in [2.75, 3.05) is 0 Å². The number of halogens is 1. The zero-order chi connectivity index (χ0) is 24.8. The lowest BCUT2D eigenvalue weighted by Gasteiger charge is -2.64. The van der Waals surface area contributed by atoms with Crippen LogP contribution in [0.4, 0.5) is 0 Å². The first kappa shape index (κ1) is 24.3. The third-order valence-electron chi connectivity index (χ3n) is 7.62. The van der Waals surface area contributed by atoms with Crippen LogP contribution in [0.3, 0.4) is 0 Å². The maximum absolute atomic E-state index is 13.2. The molecule has 5 heteroatoms. The molecular weight excluding hydrogens is 446 g/mol. The summed E-state index contributed by atoms with van der Waals surface area (Å²) in [5, 5.41) is 18.9. The van der Waals surface area contributed by atoms with E-state index < -0.39 is 6.10 Å². The number of nitriles is 1. The number of hydrogen-bond acceptors (Lipinski definition) is 4. The van der Waals surface area contributed by atoms with Crippen molar-refractivity contribution in [3.63, 3.8) is 0 Å². The van der Waals surface area contributed by atoms with Gasteiger partial charge in [-0.05, 0) is 61.6 Å². The van der Waals surface area contributed by atoms with Crippen LogP contribution in [0.25, 0.3) is 0 Å². The van der Waals surface area contributed by atoms with Crippen molar-refractivity contribution >= 4 is 17.4 Å². The second kappa shape index (κ2) is 8.77. The summed E-state index contributed by atoms with van der Waals surface area (Å²) in [7, 11) is 0. The number of rotatable bonds is 4. The Morgan fingerprint density at radius 1 is 1.18 bits per heavy atom. The molecule has 0 amide bonds. The molecule has 0 spiro atoms. The number of ketones is 1. The van der Waals surface area contributed by atoms with E-state index in [4.69, 9.17) is 21.6 Å². The van der Waals surface area contributed by atoms with Crippen LogP contribution in [-0.4, -0.2) is 23.1 Å². The predicted octanol–water partition coefficient (Wildman–Crippen LogP) is 5.82. The number of carbonyl (C=O) groups excluding carboxylic acids is 1. The molecule has 2 aliphatic carbocycles. The Labute approximate surface area is 206 Å². The molecule has 1 saturated carbocycles. The molecule has 1 N–H and O–H groups in total. The largest absolute Gasteiger partial charge is 0.489 e. The van der Waals surface area contributed by atoms with E-state index in [9.17, 15) is 9.90 Å². The summed E-state index contributed by atoms with van der Waals surface area (Å²) in [4.78, 5) is 13.2. The minimum atomic E-state index is -0.679. The van der Waals surface area contributed by atoms with Gasteiger partial charge in [-0.3, -0.25) is 4.79 Å². The molecule has 0 saturated heterocycles. The Balaban J connectivity index is 1.49. The van der Waals surface area contributed by atoms with E-state index in [1.54, 1.807) is 25.1 Å². The average Bonchev–Trinajstić information content (AvgIpc) is 3.09. The van der Waals surface area contributed by atoms with Crippen molar-refractivity contribution in [3.8, 4) is 23.7 Å². The first-order valence-electron chi connectivity index (χ1n) is 11.7. The number of Topliss-reactive ketones (excluding diaryl/α,β-unsaturated/α-hetero) is 1. The highest BCUT2D eigenvalue weighted by Crippen LogP contribution is 2.62. The van der Waals surface area contributed by atoms with Gasteiger partial charge in [-0.2, -0.15) is 5.26 Å². The molecule has 4 nitrogen and oxygen atoms in total. The van der Waals surface area contributed by atoms with Crippen LogP contribution in [0, 0.1) is 45.8 Å². The quantitative estimate of drug-likeness (QED) is 0.565. The molecule has 0 aromatic heterocycles. The Hall–Kier alpha value is -2.79. The van der Waals surface area contributed by atoms with Crippen LogP contribution < -0.4 is 4.74 Å². The van der Waals surface area contributed by atoms with Gasteiger partial charge in [-0.15, -0.1) is 0 Å². The summed E-state index contributed by atoms with van der Waals surface area (Å²) >= 11 is 6.20. The second-order valence-corrected chi connectivity index (χ2v) is 11.2. The number of aliphatic hydroxyl groups excluding tert-OH is 1. The average molecular weight is 476 g/mol. The SMILES string of the molecule is CC(O)C#Cc1ccc2c(c1)CC(CC1C(C)(C)C(Oc3ccc(C#N)c(Cl)c3)C1(C)C)C2=O. The number of ether oxygens (including phenoxy) is 1. The lowest BCUT2D eigenvalue weighted by Crippen LogP contribution is -2.66. The van der Waals surface area contributed by atoms with Crippen molar-refractivity contribution in [2.24, 2.45) is 22.7 Å². The minimum Gasteiger partial charge on any atom is -0.489 e. The fourth-order valence-electron chi connectivity index (χ4n) is 6.22. The molecule has 2 atom stereocenters. The van der Waals surface area contributed by atoms with Crippen LogP contribution in [0.5, 0.6) is 5.75 Å². The van der Waals surface area contributed by atoms with Gasteiger partial charge in [0, 0.05) is 33.9 Å². The lowest BCUT2D eigenvalue weighted by molar-refractivity contribution is -0.203. The summed E-state index contributed by atoms with van der Waals surface area (Å²) in [5.41, 5.74) is 2.83. The lowest BCUT2D eigenvalue weighted by atomic mass is 9.44. The normalized spacial score (nSPS) is 24.8. The molecule has 2 unspecified atom stereocenters. The molecule has 0 bridgehead atoms. The molecular formula is C29H30ClNO3. The predicted molar refractivity (Wildman–Crippen MR) is 133 cm³/mol. The Morgan fingerprint density at radius 3 is 2.50 bits per heavy atom.